The SMILES string of the molecule is CC1(C)Cc2ccc(C(=O)NCCc3ccc(OCC(=O)O)cc3)cc2O1. The zero-order chi connectivity index (χ0) is 19.4. The highest BCUT2D eigenvalue weighted by Crippen LogP contribution is 2.35. The second-order valence-corrected chi connectivity index (χ2v) is 7.19. The van der Waals surface area contributed by atoms with E-state index in [4.69, 9.17) is 14.6 Å². The van der Waals surface area contributed by atoms with Crippen LogP contribution in [0.5, 0.6) is 11.5 Å². The molecule has 6 heteroatoms. The molecule has 3 rings (SSSR count). The van der Waals surface area contributed by atoms with Crippen molar-refractivity contribution in [1.82, 2.24) is 5.32 Å². The van der Waals surface area contributed by atoms with Crippen molar-refractivity contribution in [2.24, 2.45) is 0 Å². The van der Waals surface area contributed by atoms with E-state index in [1.165, 1.54) is 0 Å². The van der Waals surface area contributed by atoms with E-state index in [9.17, 15) is 9.59 Å². The highest BCUT2D eigenvalue weighted by Gasteiger charge is 2.30. The van der Waals surface area contributed by atoms with Gasteiger partial charge in [-0.3, -0.25) is 4.79 Å². The van der Waals surface area contributed by atoms with Crippen molar-refractivity contribution < 1.29 is 24.2 Å². The van der Waals surface area contributed by atoms with Gasteiger partial charge in [-0.2, -0.15) is 0 Å². The fourth-order valence-corrected chi connectivity index (χ4v) is 3.05. The molecule has 0 saturated carbocycles. The number of rotatable bonds is 7. The second-order valence-electron chi connectivity index (χ2n) is 7.19. The number of ether oxygens (including phenoxy) is 2. The van der Waals surface area contributed by atoms with Crippen LogP contribution in [0, 0.1) is 0 Å². The van der Waals surface area contributed by atoms with Crippen LogP contribution in [0.2, 0.25) is 0 Å². The number of carboxylic acid groups (broad SMARTS) is 1. The molecule has 0 spiro atoms. The number of hydrogen-bond donors (Lipinski definition) is 2. The number of aliphatic carboxylic acids is 1. The zero-order valence-corrected chi connectivity index (χ0v) is 15.5. The lowest BCUT2D eigenvalue weighted by atomic mass is 10.0. The van der Waals surface area contributed by atoms with Crippen molar-refractivity contribution in [2.45, 2.75) is 32.3 Å². The molecule has 0 aromatic heterocycles. The number of carbonyl (C=O) groups is 2. The number of carbonyl (C=O) groups excluding carboxylic acids is 1. The number of amides is 1. The first kappa shape index (κ1) is 18.8. The monoisotopic (exact) mass is 369 g/mol. The van der Waals surface area contributed by atoms with Gasteiger partial charge >= 0.3 is 5.97 Å². The van der Waals surface area contributed by atoms with Crippen molar-refractivity contribution in [3.8, 4) is 11.5 Å². The van der Waals surface area contributed by atoms with Gasteiger partial charge in [-0.25, -0.2) is 4.79 Å². The molecule has 2 aromatic carbocycles. The van der Waals surface area contributed by atoms with Crippen molar-refractivity contribution in [1.29, 1.82) is 0 Å². The Hall–Kier alpha value is -3.02. The summed E-state index contributed by atoms with van der Waals surface area (Å²) in [4.78, 5) is 22.8. The summed E-state index contributed by atoms with van der Waals surface area (Å²) in [7, 11) is 0. The molecule has 0 atom stereocenters. The van der Waals surface area contributed by atoms with E-state index in [0.29, 0.717) is 24.3 Å². The molecule has 2 N–H and O–H groups in total. The highest BCUT2D eigenvalue weighted by atomic mass is 16.5. The Morgan fingerprint density at radius 1 is 1.19 bits per heavy atom. The molecule has 0 bridgehead atoms. The minimum absolute atomic E-state index is 0.132. The van der Waals surface area contributed by atoms with Gasteiger partial charge in [-0.1, -0.05) is 18.2 Å². The maximum absolute atomic E-state index is 12.4. The van der Waals surface area contributed by atoms with Gasteiger partial charge in [0.25, 0.3) is 5.91 Å². The average molecular weight is 369 g/mol. The Morgan fingerprint density at radius 2 is 1.93 bits per heavy atom. The van der Waals surface area contributed by atoms with E-state index in [2.05, 4.69) is 5.32 Å². The molecule has 1 aliphatic heterocycles. The Kier molecular flexibility index (Phi) is 5.35. The molecule has 0 aliphatic carbocycles. The van der Waals surface area contributed by atoms with Crippen LogP contribution >= 0.6 is 0 Å². The first-order chi connectivity index (χ1) is 12.8. The van der Waals surface area contributed by atoms with E-state index in [1.54, 1.807) is 18.2 Å². The number of benzene rings is 2. The number of fused-ring (bicyclic) bond motifs is 1. The summed E-state index contributed by atoms with van der Waals surface area (Å²) < 4.78 is 11.0. The minimum Gasteiger partial charge on any atom is -0.487 e. The van der Waals surface area contributed by atoms with Crippen LogP contribution in [0.15, 0.2) is 42.5 Å². The van der Waals surface area contributed by atoms with Crippen LogP contribution in [0.1, 0.15) is 35.3 Å². The molecule has 6 nitrogen and oxygen atoms in total. The van der Waals surface area contributed by atoms with E-state index >= 15 is 0 Å². The molecule has 27 heavy (non-hydrogen) atoms. The molecule has 0 unspecified atom stereocenters. The Balaban J connectivity index is 1.49. The Morgan fingerprint density at radius 3 is 2.63 bits per heavy atom. The molecule has 142 valence electrons. The average Bonchev–Trinajstić information content (AvgIpc) is 2.93. The summed E-state index contributed by atoms with van der Waals surface area (Å²) >= 11 is 0. The fraction of sp³-hybridized carbons (Fsp3) is 0.333. The first-order valence-corrected chi connectivity index (χ1v) is 8.86. The lowest BCUT2D eigenvalue weighted by Crippen LogP contribution is -2.26. The van der Waals surface area contributed by atoms with Crippen molar-refractivity contribution in [3.63, 3.8) is 0 Å². The van der Waals surface area contributed by atoms with Gasteiger partial charge in [-0.05, 0) is 55.7 Å². The van der Waals surface area contributed by atoms with E-state index < -0.39 is 5.97 Å². The van der Waals surface area contributed by atoms with Gasteiger partial charge < -0.3 is 19.9 Å². The molecule has 1 amide bonds. The van der Waals surface area contributed by atoms with Crippen molar-refractivity contribution >= 4 is 11.9 Å². The zero-order valence-electron chi connectivity index (χ0n) is 15.5. The maximum atomic E-state index is 12.4. The summed E-state index contributed by atoms with van der Waals surface area (Å²) in [5, 5.41) is 11.5. The van der Waals surface area contributed by atoms with E-state index in [0.717, 1.165) is 23.3 Å². The van der Waals surface area contributed by atoms with Gasteiger partial charge in [-0.15, -0.1) is 0 Å². The van der Waals surface area contributed by atoms with Gasteiger partial charge in [0.2, 0.25) is 0 Å². The summed E-state index contributed by atoms with van der Waals surface area (Å²) in [5.41, 5.74) is 2.51. The first-order valence-electron chi connectivity index (χ1n) is 8.86. The molecule has 0 fully saturated rings. The quantitative estimate of drug-likeness (QED) is 0.784. The van der Waals surface area contributed by atoms with Crippen LogP contribution < -0.4 is 14.8 Å². The normalized spacial score (nSPS) is 14.1. The Labute approximate surface area is 158 Å². The molecular formula is C21H23NO5. The highest BCUT2D eigenvalue weighted by molar-refractivity contribution is 5.94. The van der Waals surface area contributed by atoms with Gasteiger partial charge in [0, 0.05) is 18.5 Å². The molecule has 1 heterocycles. The second kappa shape index (κ2) is 7.70. The third-order valence-corrected chi connectivity index (χ3v) is 4.32. The molecule has 2 aromatic rings. The fourth-order valence-electron chi connectivity index (χ4n) is 3.05. The molecular weight excluding hydrogens is 346 g/mol. The van der Waals surface area contributed by atoms with Gasteiger partial charge in [0.1, 0.15) is 17.1 Å². The molecule has 1 aliphatic rings. The third-order valence-electron chi connectivity index (χ3n) is 4.32. The van der Waals surface area contributed by atoms with E-state index in [1.807, 2.05) is 38.1 Å². The number of carboxylic acids is 1. The van der Waals surface area contributed by atoms with Gasteiger partial charge in [0.15, 0.2) is 6.61 Å². The van der Waals surface area contributed by atoms with Crippen LogP contribution in [-0.4, -0.2) is 35.7 Å². The predicted molar refractivity (Wildman–Crippen MR) is 100 cm³/mol. The van der Waals surface area contributed by atoms with Crippen LogP contribution in [0.25, 0.3) is 0 Å². The van der Waals surface area contributed by atoms with Gasteiger partial charge in [0.05, 0.1) is 0 Å². The maximum Gasteiger partial charge on any atom is 0.341 e. The number of hydrogen-bond acceptors (Lipinski definition) is 4. The lowest BCUT2D eigenvalue weighted by Gasteiger charge is -2.16. The van der Waals surface area contributed by atoms with Crippen LogP contribution in [-0.2, 0) is 17.6 Å². The lowest BCUT2D eigenvalue weighted by molar-refractivity contribution is -0.139. The minimum atomic E-state index is -1.01. The summed E-state index contributed by atoms with van der Waals surface area (Å²) in [6.07, 6.45) is 1.51. The third kappa shape index (κ3) is 5.00. The van der Waals surface area contributed by atoms with E-state index in [-0.39, 0.29) is 18.1 Å². The summed E-state index contributed by atoms with van der Waals surface area (Å²) in [6.45, 7) is 4.20. The number of nitrogens with one attached hydrogen (secondary N) is 1. The predicted octanol–water partition coefficient (Wildman–Crippen LogP) is 2.84. The molecule has 0 radical (unpaired) electrons. The van der Waals surface area contributed by atoms with Crippen LogP contribution in [0.4, 0.5) is 0 Å². The van der Waals surface area contributed by atoms with Crippen molar-refractivity contribution in [3.05, 3.63) is 59.2 Å². The Bertz CT molecular complexity index is 842. The standard InChI is InChI=1S/C21H23NO5/c1-21(2)12-16-6-5-15(11-18(16)27-21)20(25)22-10-9-14-3-7-17(8-4-14)26-13-19(23)24/h3-8,11H,9-10,12-13H2,1-2H3,(H,22,25)(H,23,24). The summed E-state index contributed by atoms with van der Waals surface area (Å²) in [5.74, 6) is 0.144. The van der Waals surface area contributed by atoms with Crippen molar-refractivity contribution in [2.75, 3.05) is 13.2 Å². The summed E-state index contributed by atoms with van der Waals surface area (Å²) in [6, 6.07) is 12.7. The topological polar surface area (TPSA) is 84.9 Å². The molecule has 0 saturated heterocycles. The smallest absolute Gasteiger partial charge is 0.341 e. The van der Waals surface area contributed by atoms with Crippen LogP contribution in [0.3, 0.4) is 0 Å². The largest absolute Gasteiger partial charge is 0.487 e.